The van der Waals surface area contributed by atoms with Gasteiger partial charge in [-0.25, -0.2) is 0 Å². The summed E-state index contributed by atoms with van der Waals surface area (Å²) < 4.78 is 0. The van der Waals surface area contributed by atoms with Gasteiger partial charge < -0.3 is 10.6 Å². The average molecular weight is 261 g/mol. The molecule has 0 saturated carbocycles. The third-order valence-electron chi connectivity index (χ3n) is 3.51. The minimum Gasteiger partial charge on any atom is -0.368 e. The van der Waals surface area contributed by atoms with Gasteiger partial charge in [0.1, 0.15) is 6.04 Å². The van der Waals surface area contributed by atoms with E-state index in [1.807, 2.05) is 35.2 Å². The summed E-state index contributed by atoms with van der Waals surface area (Å²) in [5.74, 6) is -0.266. The Hall–Kier alpha value is -1.88. The Labute approximate surface area is 113 Å². The second-order valence-corrected chi connectivity index (χ2v) is 4.76. The van der Waals surface area contributed by atoms with Crippen LogP contribution in [0.1, 0.15) is 18.5 Å². The molecular weight excluding hydrogens is 242 g/mol. The molecule has 1 fully saturated rings. The van der Waals surface area contributed by atoms with Gasteiger partial charge in [0, 0.05) is 33.1 Å². The van der Waals surface area contributed by atoms with Crippen molar-refractivity contribution in [3.8, 4) is 0 Å². The Morgan fingerprint density at radius 1 is 1.11 bits per heavy atom. The zero-order chi connectivity index (χ0) is 13.8. The van der Waals surface area contributed by atoms with E-state index in [2.05, 4.69) is 0 Å². The summed E-state index contributed by atoms with van der Waals surface area (Å²) in [6, 6.07) is 9.12. The fourth-order valence-electron chi connectivity index (χ4n) is 2.49. The Morgan fingerprint density at radius 2 is 1.68 bits per heavy atom. The van der Waals surface area contributed by atoms with Crippen LogP contribution in [0.25, 0.3) is 0 Å². The van der Waals surface area contributed by atoms with Crippen LogP contribution in [0.15, 0.2) is 30.3 Å². The number of nitrogens with zero attached hydrogens (tertiary/aromatic N) is 2. The van der Waals surface area contributed by atoms with Crippen molar-refractivity contribution in [3.05, 3.63) is 35.9 Å². The van der Waals surface area contributed by atoms with E-state index in [1.165, 1.54) is 0 Å². The van der Waals surface area contributed by atoms with Gasteiger partial charge in [0.2, 0.25) is 11.8 Å². The zero-order valence-electron chi connectivity index (χ0n) is 11.1. The number of hydrogen-bond donors (Lipinski definition) is 1. The molecule has 1 aromatic rings. The SMILES string of the molecule is CC(=O)N1CCN(C(C(N)=O)c2ccccc2)CC1. The number of carbonyl (C=O) groups excluding carboxylic acids is 2. The Bertz CT molecular complexity index is 453. The molecule has 1 atom stereocenters. The van der Waals surface area contributed by atoms with Crippen LogP contribution in [0.2, 0.25) is 0 Å². The third-order valence-corrected chi connectivity index (χ3v) is 3.51. The number of primary amides is 1. The van der Waals surface area contributed by atoms with E-state index < -0.39 is 6.04 Å². The van der Waals surface area contributed by atoms with Gasteiger partial charge in [-0.15, -0.1) is 0 Å². The summed E-state index contributed by atoms with van der Waals surface area (Å²) in [6.07, 6.45) is 0. The first-order valence-corrected chi connectivity index (χ1v) is 6.43. The van der Waals surface area contributed by atoms with Crippen LogP contribution in [0.4, 0.5) is 0 Å². The quantitative estimate of drug-likeness (QED) is 0.855. The highest BCUT2D eigenvalue weighted by atomic mass is 16.2. The molecular formula is C14H19N3O2. The third kappa shape index (κ3) is 3.12. The monoisotopic (exact) mass is 261 g/mol. The van der Waals surface area contributed by atoms with Crippen molar-refractivity contribution >= 4 is 11.8 Å². The van der Waals surface area contributed by atoms with Gasteiger partial charge in [0.05, 0.1) is 0 Å². The molecule has 19 heavy (non-hydrogen) atoms. The summed E-state index contributed by atoms with van der Waals surface area (Å²) in [6.45, 7) is 4.19. The molecule has 5 heteroatoms. The zero-order valence-corrected chi connectivity index (χ0v) is 11.1. The summed E-state index contributed by atoms with van der Waals surface area (Å²) >= 11 is 0. The Balaban J connectivity index is 2.10. The molecule has 5 nitrogen and oxygen atoms in total. The maximum Gasteiger partial charge on any atom is 0.239 e. The second-order valence-electron chi connectivity index (χ2n) is 4.76. The van der Waals surface area contributed by atoms with Crippen molar-refractivity contribution in [1.82, 2.24) is 9.80 Å². The van der Waals surface area contributed by atoms with E-state index >= 15 is 0 Å². The Morgan fingerprint density at radius 3 is 2.16 bits per heavy atom. The fourth-order valence-corrected chi connectivity index (χ4v) is 2.49. The van der Waals surface area contributed by atoms with Crippen LogP contribution in [0.5, 0.6) is 0 Å². The molecule has 1 aliphatic heterocycles. The lowest BCUT2D eigenvalue weighted by Gasteiger charge is -2.37. The van der Waals surface area contributed by atoms with Gasteiger partial charge in [-0.05, 0) is 5.56 Å². The minimum absolute atomic E-state index is 0.0787. The van der Waals surface area contributed by atoms with Crippen molar-refractivity contribution in [3.63, 3.8) is 0 Å². The molecule has 1 heterocycles. The van der Waals surface area contributed by atoms with Crippen molar-refractivity contribution in [2.24, 2.45) is 5.73 Å². The van der Waals surface area contributed by atoms with E-state index in [0.717, 1.165) is 5.56 Å². The lowest BCUT2D eigenvalue weighted by Crippen LogP contribution is -2.51. The molecule has 1 aliphatic rings. The number of hydrogen-bond acceptors (Lipinski definition) is 3. The number of benzene rings is 1. The first-order valence-electron chi connectivity index (χ1n) is 6.43. The number of amides is 2. The van der Waals surface area contributed by atoms with Crippen LogP contribution >= 0.6 is 0 Å². The fraction of sp³-hybridized carbons (Fsp3) is 0.429. The topological polar surface area (TPSA) is 66.6 Å². The van der Waals surface area contributed by atoms with Crippen molar-refractivity contribution in [1.29, 1.82) is 0 Å². The van der Waals surface area contributed by atoms with Gasteiger partial charge in [0.15, 0.2) is 0 Å². The molecule has 0 bridgehead atoms. The summed E-state index contributed by atoms with van der Waals surface area (Å²) in [5, 5.41) is 0. The van der Waals surface area contributed by atoms with Crippen LogP contribution in [-0.4, -0.2) is 47.8 Å². The summed E-state index contributed by atoms with van der Waals surface area (Å²) in [4.78, 5) is 26.8. The standard InChI is InChI=1S/C14H19N3O2/c1-11(18)16-7-9-17(10-8-16)13(14(15)19)12-5-3-2-4-6-12/h2-6,13H,7-10H2,1H3,(H2,15,19). The van der Waals surface area contributed by atoms with Gasteiger partial charge in [0.25, 0.3) is 0 Å². The van der Waals surface area contributed by atoms with E-state index in [4.69, 9.17) is 5.73 Å². The van der Waals surface area contributed by atoms with Gasteiger partial charge in [-0.1, -0.05) is 30.3 Å². The predicted molar refractivity (Wildman–Crippen MR) is 72.2 cm³/mol. The molecule has 1 aromatic carbocycles. The predicted octanol–water partition coefficient (Wildman–Crippen LogP) is 0.377. The molecule has 1 saturated heterocycles. The highest BCUT2D eigenvalue weighted by molar-refractivity contribution is 5.81. The maximum atomic E-state index is 11.7. The second kappa shape index (κ2) is 5.84. The van der Waals surface area contributed by atoms with Crippen molar-refractivity contribution in [2.75, 3.05) is 26.2 Å². The highest BCUT2D eigenvalue weighted by Crippen LogP contribution is 2.21. The number of nitrogens with two attached hydrogens (primary N) is 1. The number of rotatable bonds is 3. The van der Waals surface area contributed by atoms with Crippen LogP contribution in [0, 0.1) is 0 Å². The first-order chi connectivity index (χ1) is 9.09. The summed E-state index contributed by atoms with van der Waals surface area (Å²) in [7, 11) is 0. The van der Waals surface area contributed by atoms with Crippen molar-refractivity contribution in [2.45, 2.75) is 13.0 Å². The first kappa shape index (κ1) is 13.5. The summed E-state index contributed by atoms with van der Waals surface area (Å²) in [5.41, 5.74) is 6.44. The Kier molecular flexibility index (Phi) is 4.16. The number of carbonyl (C=O) groups is 2. The van der Waals surface area contributed by atoms with Crippen LogP contribution in [0.3, 0.4) is 0 Å². The van der Waals surface area contributed by atoms with Crippen LogP contribution < -0.4 is 5.73 Å². The highest BCUT2D eigenvalue weighted by Gasteiger charge is 2.29. The van der Waals surface area contributed by atoms with Gasteiger partial charge in [-0.3, -0.25) is 14.5 Å². The van der Waals surface area contributed by atoms with E-state index in [0.29, 0.717) is 26.2 Å². The van der Waals surface area contributed by atoms with E-state index in [9.17, 15) is 9.59 Å². The molecule has 102 valence electrons. The molecule has 2 rings (SSSR count). The van der Waals surface area contributed by atoms with E-state index in [-0.39, 0.29) is 11.8 Å². The lowest BCUT2D eigenvalue weighted by molar-refractivity contribution is -0.131. The molecule has 2 amide bonds. The van der Waals surface area contributed by atoms with Gasteiger partial charge >= 0.3 is 0 Å². The average Bonchev–Trinajstić information content (AvgIpc) is 2.40. The molecule has 2 N–H and O–H groups in total. The smallest absolute Gasteiger partial charge is 0.239 e. The lowest BCUT2D eigenvalue weighted by atomic mass is 10.0. The molecule has 0 aliphatic carbocycles. The normalized spacial score (nSPS) is 18.1. The number of piperazine rings is 1. The minimum atomic E-state index is -0.407. The largest absolute Gasteiger partial charge is 0.368 e. The van der Waals surface area contributed by atoms with Gasteiger partial charge in [-0.2, -0.15) is 0 Å². The van der Waals surface area contributed by atoms with Crippen molar-refractivity contribution < 1.29 is 9.59 Å². The maximum absolute atomic E-state index is 11.7. The van der Waals surface area contributed by atoms with E-state index in [1.54, 1.807) is 11.8 Å². The molecule has 0 aromatic heterocycles. The molecule has 0 radical (unpaired) electrons. The molecule has 0 spiro atoms. The molecule has 1 unspecified atom stereocenters. The van der Waals surface area contributed by atoms with Crippen LogP contribution in [-0.2, 0) is 9.59 Å².